The van der Waals surface area contributed by atoms with Crippen LogP contribution in [0.15, 0.2) is 22.0 Å². The molecule has 1 atom stereocenters. The second kappa shape index (κ2) is 5.86. The first kappa shape index (κ1) is 14.5. The van der Waals surface area contributed by atoms with Gasteiger partial charge in [-0.3, -0.25) is 4.90 Å². The molecule has 0 fully saturated rings. The van der Waals surface area contributed by atoms with Crippen molar-refractivity contribution in [3.05, 3.63) is 35.1 Å². The van der Waals surface area contributed by atoms with Crippen LogP contribution in [0.4, 0.5) is 0 Å². The maximum Gasteiger partial charge on any atom is 0.244 e. The normalized spacial score (nSPS) is 16.4. The van der Waals surface area contributed by atoms with Gasteiger partial charge in [0.25, 0.3) is 0 Å². The third-order valence-corrected chi connectivity index (χ3v) is 5.13. The quantitative estimate of drug-likeness (QED) is 0.732. The van der Waals surface area contributed by atoms with Crippen LogP contribution in [0, 0.1) is 0 Å². The Morgan fingerprint density at radius 1 is 1.35 bits per heavy atom. The molecule has 0 radical (unpaired) electrons. The van der Waals surface area contributed by atoms with E-state index in [1.165, 1.54) is 0 Å². The highest BCUT2D eigenvalue weighted by Crippen LogP contribution is 2.27. The molecule has 1 aliphatic heterocycles. The zero-order valence-corrected chi connectivity index (χ0v) is 14.0. The van der Waals surface area contributed by atoms with Gasteiger partial charge in [-0.25, -0.2) is 0 Å². The molecule has 0 spiro atoms. The zero-order valence-electron chi connectivity index (χ0n) is 13.1. The van der Waals surface area contributed by atoms with E-state index >= 15 is 0 Å². The summed E-state index contributed by atoms with van der Waals surface area (Å²) in [5.74, 6) is 3.38. The van der Waals surface area contributed by atoms with Crippen molar-refractivity contribution in [3.8, 4) is 10.7 Å². The topological polar surface area (TPSA) is 72.9 Å². The Morgan fingerprint density at radius 2 is 2.26 bits per heavy atom. The van der Waals surface area contributed by atoms with Crippen LogP contribution in [-0.2, 0) is 19.5 Å². The lowest BCUT2D eigenvalue weighted by atomic mass is 10.2. The number of nitrogens with zero attached hydrogens (tertiary/aromatic N) is 6. The molecule has 0 aliphatic carbocycles. The predicted molar refractivity (Wildman–Crippen MR) is 85.8 cm³/mol. The lowest BCUT2D eigenvalue weighted by Crippen LogP contribution is -2.36. The van der Waals surface area contributed by atoms with Gasteiger partial charge in [-0.15, -0.1) is 21.5 Å². The maximum atomic E-state index is 5.48. The van der Waals surface area contributed by atoms with Crippen molar-refractivity contribution in [3.63, 3.8) is 0 Å². The molecular formula is C15H18N6OS. The minimum Gasteiger partial charge on any atom is -0.337 e. The zero-order chi connectivity index (χ0) is 15.8. The highest BCUT2D eigenvalue weighted by molar-refractivity contribution is 7.13. The Labute approximate surface area is 138 Å². The maximum absolute atomic E-state index is 5.48. The van der Waals surface area contributed by atoms with Crippen molar-refractivity contribution in [2.75, 3.05) is 6.54 Å². The second-order valence-electron chi connectivity index (χ2n) is 5.62. The van der Waals surface area contributed by atoms with E-state index in [0.717, 1.165) is 42.6 Å². The first-order chi connectivity index (χ1) is 11.3. The summed E-state index contributed by atoms with van der Waals surface area (Å²) in [5, 5.41) is 14.7. The molecule has 3 aromatic heterocycles. The summed E-state index contributed by atoms with van der Waals surface area (Å²) in [6.45, 7) is 6.79. The molecule has 7 nitrogen and oxygen atoms in total. The van der Waals surface area contributed by atoms with Crippen LogP contribution in [-0.4, -0.2) is 36.3 Å². The van der Waals surface area contributed by atoms with Crippen molar-refractivity contribution in [2.45, 2.75) is 39.4 Å². The molecule has 23 heavy (non-hydrogen) atoms. The van der Waals surface area contributed by atoms with Gasteiger partial charge in [0, 0.05) is 19.5 Å². The molecule has 0 unspecified atom stereocenters. The number of aromatic nitrogens is 5. The van der Waals surface area contributed by atoms with E-state index in [1.807, 2.05) is 17.5 Å². The lowest BCUT2D eigenvalue weighted by molar-refractivity contribution is 0.135. The average molecular weight is 330 g/mol. The van der Waals surface area contributed by atoms with Crippen LogP contribution >= 0.6 is 11.3 Å². The molecule has 0 N–H and O–H groups in total. The van der Waals surface area contributed by atoms with E-state index in [4.69, 9.17) is 4.52 Å². The molecule has 4 rings (SSSR count). The minimum absolute atomic E-state index is 0.0618. The Kier molecular flexibility index (Phi) is 3.70. The fourth-order valence-corrected chi connectivity index (χ4v) is 3.54. The van der Waals surface area contributed by atoms with Crippen LogP contribution < -0.4 is 0 Å². The van der Waals surface area contributed by atoms with Crippen molar-refractivity contribution < 1.29 is 4.52 Å². The molecule has 0 bridgehead atoms. The summed E-state index contributed by atoms with van der Waals surface area (Å²) in [4.78, 5) is 7.88. The smallest absolute Gasteiger partial charge is 0.244 e. The SMILES string of the molecule is CCc1nnc2n1CCN([C@@H](C)c1nc(-c3cccs3)no1)C2. The number of hydrogen-bond acceptors (Lipinski definition) is 7. The lowest BCUT2D eigenvalue weighted by Gasteiger charge is -2.30. The largest absolute Gasteiger partial charge is 0.337 e. The van der Waals surface area contributed by atoms with Crippen molar-refractivity contribution >= 4 is 11.3 Å². The average Bonchev–Trinajstić information content (AvgIpc) is 3.31. The fraction of sp³-hybridized carbons (Fsp3) is 0.467. The van der Waals surface area contributed by atoms with Gasteiger partial charge >= 0.3 is 0 Å². The Bertz CT molecular complexity index is 793. The van der Waals surface area contributed by atoms with E-state index in [-0.39, 0.29) is 6.04 Å². The summed E-state index contributed by atoms with van der Waals surface area (Å²) in [6, 6.07) is 4.05. The molecule has 1 aliphatic rings. The molecule has 120 valence electrons. The molecule has 4 heterocycles. The summed E-state index contributed by atoms with van der Waals surface area (Å²) < 4.78 is 7.70. The summed E-state index contributed by atoms with van der Waals surface area (Å²) >= 11 is 1.61. The van der Waals surface area contributed by atoms with Gasteiger partial charge in [-0.05, 0) is 18.4 Å². The fourth-order valence-electron chi connectivity index (χ4n) is 2.90. The molecule has 3 aromatic rings. The number of fused-ring (bicyclic) bond motifs is 1. The van der Waals surface area contributed by atoms with E-state index in [1.54, 1.807) is 11.3 Å². The van der Waals surface area contributed by atoms with E-state index in [2.05, 4.69) is 43.7 Å². The first-order valence-corrected chi connectivity index (χ1v) is 8.66. The molecular weight excluding hydrogens is 312 g/mol. The molecule has 0 saturated carbocycles. The van der Waals surface area contributed by atoms with Gasteiger partial charge in [0.1, 0.15) is 11.6 Å². The van der Waals surface area contributed by atoms with Gasteiger partial charge in [-0.2, -0.15) is 4.98 Å². The van der Waals surface area contributed by atoms with Gasteiger partial charge in [-0.1, -0.05) is 18.1 Å². The second-order valence-corrected chi connectivity index (χ2v) is 6.57. The third kappa shape index (κ3) is 2.57. The van der Waals surface area contributed by atoms with Crippen LogP contribution in [0.2, 0.25) is 0 Å². The predicted octanol–water partition coefficient (Wildman–Crippen LogP) is 2.53. The highest BCUT2D eigenvalue weighted by Gasteiger charge is 2.28. The summed E-state index contributed by atoms with van der Waals surface area (Å²) in [5.41, 5.74) is 0. The van der Waals surface area contributed by atoms with Crippen LogP contribution in [0.1, 0.15) is 37.4 Å². The third-order valence-electron chi connectivity index (χ3n) is 4.26. The van der Waals surface area contributed by atoms with Crippen molar-refractivity contribution in [2.24, 2.45) is 0 Å². The Morgan fingerprint density at radius 3 is 3.04 bits per heavy atom. The van der Waals surface area contributed by atoms with Crippen LogP contribution in [0.25, 0.3) is 10.7 Å². The highest BCUT2D eigenvalue weighted by atomic mass is 32.1. The summed E-state index contributed by atoms with van der Waals surface area (Å²) in [6.07, 6.45) is 0.913. The number of hydrogen-bond donors (Lipinski definition) is 0. The van der Waals surface area contributed by atoms with Gasteiger partial charge in [0.15, 0.2) is 0 Å². The summed E-state index contributed by atoms with van der Waals surface area (Å²) in [7, 11) is 0. The van der Waals surface area contributed by atoms with Gasteiger partial charge < -0.3 is 9.09 Å². The Balaban J connectivity index is 1.52. The molecule has 0 aromatic carbocycles. The standard InChI is InChI=1S/C15H18N6OS/c1-3-12-17-18-13-9-20(6-7-21(12)13)10(2)15-16-14(19-22-15)11-5-4-8-23-11/h4-5,8,10H,3,6-7,9H2,1-2H3/t10-/m0/s1. The number of rotatable bonds is 4. The van der Waals surface area contributed by atoms with E-state index < -0.39 is 0 Å². The Hall–Kier alpha value is -2.06. The van der Waals surface area contributed by atoms with Crippen molar-refractivity contribution in [1.29, 1.82) is 0 Å². The molecule has 0 saturated heterocycles. The van der Waals surface area contributed by atoms with E-state index in [9.17, 15) is 0 Å². The number of aryl methyl sites for hydroxylation is 1. The van der Waals surface area contributed by atoms with Gasteiger partial charge in [0.2, 0.25) is 11.7 Å². The van der Waals surface area contributed by atoms with E-state index in [0.29, 0.717) is 11.7 Å². The van der Waals surface area contributed by atoms with Crippen LogP contribution in [0.5, 0.6) is 0 Å². The molecule has 8 heteroatoms. The monoisotopic (exact) mass is 330 g/mol. The van der Waals surface area contributed by atoms with Crippen molar-refractivity contribution in [1.82, 2.24) is 29.8 Å². The minimum atomic E-state index is 0.0618. The number of thiophene rings is 1. The first-order valence-electron chi connectivity index (χ1n) is 7.78. The van der Waals surface area contributed by atoms with Crippen LogP contribution in [0.3, 0.4) is 0 Å². The van der Waals surface area contributed by atoms with Gasteiger partial charge in [0.05, 0.1) is 17.5 Å². The molecule has 0 amide bonds.